The van der Waals surface area contributed by atoms with Crippen LogP contribution in [-0.2, 0) is 39.0 Å². The molecule has 0 spiro atoms. The van der Waals surface area contributed by atoms with Gasteiger partial charge in [0.15, 0.2) is 0 Å². The molecule has 0 bridgehead atoms. The minimum atomic E-state index is -2.89. The molecule has 0 unspecified atom stereocenters. The Morgan fingerprint density at radius 1 is 0.462 bits per heavy atom. The maximum atomic E-state index is 3.60. The molecule has 0 N–H and O–H groups in total. The van der Waals surface area contributed by atoms with E-state index in [9.17, 15) is 0 Å². The Morgan fingerprint density at radius 3 is 1.15 bits per heavy atom. The first-order chi connectivity index (χ1) is 25.1. The topological polar surface area (TPSA) is 0 Å². The van der Waals surface area contributed by atoms with Crippen molar-refractivity contribution in [2.45, 2.75) is 66.2 Å². The van der Waals surface area contributed by atoms with Crippen molar-refractivity contribution >= 4 is 71.9 Å². The zero-order chi connectivity index (χ0) is 35.8. The van der Waals surface area contributed by atoms with Gasteiger partial charge in [-0.2, -0.15) is 12.8 Å². The molecule has 0 atom stereocenters. The number of unbranched alkanes of at least 4 members (excludes halogenated alkanes) is 2. The first-order valence-electron chi connectivity index (χ1n) is 19.0. The average Bonchev–Trinajstić information content (AvgIpc) is 3.79. The molecule has 0 aliphatic carbocycles. The van der Waals surface area contributed by atoms with Crippen LogP contribution in [0.25, 0.3) is 43.1 Å². The number of aryl methyl sites for hydroxylation is 2. The number of hydrogen-bond acceptors (Lipinski definition) is 0. The molecule has 52 heavy (non-hydrogen) atoms. The first kappa shape index (κ1) is 39.4. The molecule has 0 fully saturated rings. The van der Waals surface area contributed by atoms with Crippen LogP contribution in [0.5, 0.6) is 0 Å². The second-order valence-corrected chi connectivity index (χ2v) is 17.1. The molecule has 0 saturated carbocycles. The third-order valence-corrected chi connectivity index (χ3v) is 15.4. The standard InChI is InChI=1S/C42H34Si.2C4H9.Zr/c1-3-29-27-33-25-23-31-15-11-13-21-37(31)39(33)41(29)43(35-17-7-5-8-18-35,36-19-9-6-10-20-36)42-30(4-2)28-34-26-24-32-16-12-14-22-38(32)40(34)42;2*1-3-4-2;/h5-28H,3-4H2,1-2H3;2*1,3-4H2,2H3;/q-2;2*-1;+4. The van der Waals surface area contributed by atoms with E-state index in [-0.39, 0.29) is 26.2 Å². The molecule has 8 rings (SSSR count). The molecule has 0 amide bonds. The molecular formula is C50H52SiZr. The van der Waals surface area contributed by atoms with Crippen molar-refractivity contribution in [3.8, 4) is 0 Å². The SMILES string of the molecule is CCc1[cH-]c2ccc3ccccc3c2c1[Si](c1ccccc1)(c1ccccc1)c1c(CC)[cH-]c2ccc3ccccc3c12.[CH2-]CCC.[CH2-]CCC.[Zr+4]. The van der Waals surface area contributed by atoms with Crippen LogP contribution in [0.3, 0.4) is 0 Å². The van der Waals surface area contributed by atoms with E-state index in [1.54, 1.807) is 10.4 Å². The molecule has 8 aromatic carbocycles. The number of rotatable bonds is 8. The Labute approximate surface area is 332 Å². The summed E-state index contributed by atoms with van der Waals surface area (Å²) in [5.41, 5.74) is 2.95. The molecule has 260 valence electrons. The van der Waals surface area contributed by atoms with Crippen molar-refractivity contribution in [1.29, 1.82) is 0 Å². The van der Waals surface area contributed by atoms with Crippen molar-refractivity contribution in [1.82, 2.24) is 0 Å². The van der Waals surface area contributed by atoms with Gasteiger partial charge >= 0.3 is 26.2 Å². The van der Waals surface area contributed by atoms with Gasteiger partial charge in [0.25, 0.3) is 0 Å². The van der Waals surface area contributed by atoms with Gasteiger partial charge in [-0.25, -0.2) is 0 Å². The summed E-state index contributed by atoms with van der Waals surface area (Å²) >= 11 is 0. The molecule has 8 aromatic rings. The van der Waals surface area contributed by atoms with E-state index in [4.69, 9.17) is 0 Å². The predicted octanol–water partition coefficient (Wildman–Crippen LogP) is 11.5. The Morgan fingerprint density at radius 2 is 0.808 bits per heavy atom. The second-order valence-electron chi connectivity index (χ2n) is 13.5. The van der Waals surface area contributed by atoms with Crippen molar-refractivity contribution < 1.29 is 26.2 Å². The van der Waals surface area contributed by atoms with E-state index < -0.39 is 8.07 Å². The van der Waals surface area contributed by atoms with Crippen molar-refractivity contribution in [3.63, 3.8) is 0 Å². The maximum Gasteiger partial charge on any atom is 4.00 e. The normalized spacial score (nSPS) is 11.2. The van der Waals surface area contributed by atoms with Crippen LogP contribution < -0.4 is 20.7 Å². The molecule has 0 saturated heterocycles. The van der Waals surface area contributed by atoms with Crippen LogP contribution in [0.1, 0.15) is 64.5 Å². The molecule has 0 heterocycles. The summed E-state index contributed by atoms with van der Waals surface area (Å²) in [7, 11) is -2.89. The molecule has 2 heteroatoms. The van der Waals surface area contributed by atoms with Gasteiger partial charge < -0.3 is 13.8 Å². The summed E-state index contributed by atoms with van der Waals surface area (Å²) in [5, 5.41) is 16.9. The van der Waals surface area contributed by atoms with Gasteiger partial charge in [0.05, 0.1) is 8.07 Å². The van der Waals surface area contributed by atoms with Crippen LogP contribution in [-0.4, -0.2) is 8.07 Å². The minimum Gasteiger partial charge on any atom is -0.343 e. The van der Waals surface area contributed by atoms with Gasteiger partial charge in [-0.1, -0.05) is 183 Å². The fourth-order valence-electron chi connectivity index (χ4n) is 7.88. The van der Waals surface area contributed by atoms with Crippen molar-refractivity contribution in [2.75, 3.05) is 0 Å². The molecule has 0 radical (unpaired) electrons. The van der Waals surface area contributed by atoms with Crippen molar-refractivity contribution in [2.24, 2.45) is 0 Å². The fraction of sp³-hybridized carbons (Fsp3) is 0.200. The molecular weight excluding hydrogens is 720 g/mol. The summed E-state index contributed by atoms with van der Waals surface area (Å²) in [5.74, 6) is 0. The summed E-state index contributed by atoms with van der Waals surface area (Å²) in [6, 6.07) is 55.4. The minimum absolute atomic E-state index is 0. The van der Waals surface area contributed by atoms with Crippen LogP contribution in [0.4, 0.5) is 0 Å². The third kappa shape index (κ3) is 7.22. The van der Waals surface area contributed by atoms with Gasteiger partial charge in [-0.05, 0) is 23.6 Å². The molecule has 0 aliphatic heterocycles. The first-order valence-corrected chi connectivity index (χ1v) is 21.0. The van der Waals surface area contributed by atoms with E-state index >= 15 is 0 Å². The van der Waals surface area contributed by atoms with E-state index in [1.165, 1.54) is 77.4 Å². The van der Waals surface area contributed by atoms with Gasteiger partial charge in [0.2, 0.25) is 0 Å². The predicted molar refractivity (Wildman–Crippen MR) is 231 cm³/mol. The van der Waals surface area contributed by atoms with Crippen LogP contribution >= 0.6 is 0 Å². The second kappa shape index (κ2) is 18.3. The largest absolute Gasteiger partial charge is 4.00 e. The summed E-state index contributed by atoms with van der Waals surface area (Å²) in [6.45, 7) is 16.1. The number of hydrogen-bond donors (Lipinski definition) is 0. The monoisotopic (exact) mass is 770 g/mol. The maximum absolute atomic E-state index is 3.60. The number of benzene rings is 6. The van der Waals surface area contributed by atoms with E-state index in [1.807, 2.05) is 0 Å². The van der Waals surface area contributed by atoms with Gasteiger partial charge in [-0.15, -0.1) is 67.3 Å². The Bertz CT molecular complexity index is 2150. The van der Waals surface area contributed by atoms with Crippen LogP contribution in [0.15, 0.2) is 146 Å². The quantitative estimate of drug-likeness (QED) is 0.107. The van der Waals surface area contributed by atoms with Crippen LogP contribution in [0.2, 0.25) is 0 Å². The summed E-state index contributed by atoms with van der Waals surface area (Å²) < 4.78 is 0. The zero-order valence-corrected chi connectivity index (χ0v) is 35.0. The van der Waals surface area contributed by atoms with Gasteiger partial charge in [-0.3, -0.25) is 0 Å². The third-order valence-electron chi connectivity index (χ3n) is 10.4. The molecule has 0 aliphatic rings. The van der Waals surface area contributed by atoms with Crippen molar-refractivity contribution in [3.05, 3.63) is 171 Å². The van der Waals surface area contributed by atoms with E-state index in [2.05, 4.69) is 187 Å². The summed E-state index contributed by atoms with van der Waals surface area (Å²) in [6.07, 6.45) is 6.54. The Balaban J connectivity index is 0.000000530. The van der Waals surface area contributed by atoms with Gasteiger partial charge in [0.1, 0.15) is 0 Å². The smallest absolute Gasteiger partial charge is 0.343 e. The summed E-state index contributed by atoms with van der Waals surface area (Å²) in [4.78, 5) is 0. The molecule has 0 nitrogen and oxygen atoms in total. The molecule has 0 aromatic heterocycles. The van der Waals surface area contributed by atoms with Crippen LogP contribution in [0, 0.1) is 13.8 Å². The Hall–Kier alpha value is -3.84. The zero-order valence-electron chi connectivity index (χ0n) is 31.5. The van der Waals surface area contributed by atoms with Gasteiger partial charge in [0, 0.05) is 0 Å². The Kier molecular flexibility index (Phi) is 13.8. The van der Waals surface area contributed by atoms with E-state index in [0.29, 0.717) is 0 Å². The fourth-order valence-corrected chi connectivity index (χ4v) is 13.8. The number of fused-ring (bicyclic) bond motifs is 6. The average molecular weight is 772 g/mol. The van der Waals surface area contributed by atoms with E-state index in [0.717, 1.165) is 25.7 Å².